The Morgan fingerprint density at radius 2 is 0.933 bits per heavy atom. The third-order valence-electron chi connectivity index (χ3n) is 11.2. The fourth-order valence-corrected chi connectivity index (χ4v) is 8.52. The Bertz CT molecular complexity index is 3350. The summed E-state index contributed by atoms with van der Waals surface area (Å²) < 4.78 is 47.7. The number of benzene rings is 8. The lowest BCUT2D eigenvalue weighted by Gasteiger charge is -2.17. The minimum atomic E-state index is -4.54. The van der Waals surface area contributed by atoms with E-state index in [-0.39, 0.29) is 0 Å². The molecule has 60 heavy (non-hydrogen) atoms. The second-order valence-electron chi connectivity index (χ2n) is 14.7. The van der Waals surface area contributed by atoms with Crippen molar-refractivity contribution in [3.63, 3.8) is 0 Å². The van der Waals surface area contributed by atoms with Crippen LogP contribution in [-0.2, 0) is 6.18 Å². The number of hydrogen-bond donors (Lipinski definition) is 0. The van der Waals surface area contributed by atoms with Gasteiger partial charge in [-0.05, 0) is 66.2 Å². The number of alkyl halides is 3. The fraction of sp³-hybridized carbons (Fsp3) is 0.0192. The monoisotopic (exact) mass is 783 g/mol. The molecule has 0 atom stereocenters. The van der Waals surface area contributed by atoms with Gasteiger partial charge >= 0.3 is 6.18 Å². The standard InChI is InChI=1S/C52H32F3N5/c53-52(54,55)37-20-14-19-35(31-37)42-32-36(51-57-49(33-15-4-1-5-16-33)56-50(58-51)34-17-6-2-7-18-34)27-29-45(42)60-44-26-13-11-24-41(44)47-46(60)30-28-40-39-23-10-12-25-43(39)59(48(40)47)38-21-8-3-9-22-38/h1-32H. The average molecular weight is 784 g/mol. The molecule has 11 rings (SSSR count). The van der Waals surface area contributed by atoms with Gasteiger partial charge in [-0.2, -0.15) is 13.2 Å². The Morgan fingerprint density at radius 3 is 1.58 bits per heavy atom. The molecule has 8 heteroatoms. The first kappa shape index (κ1) is 35.3. The molecule has 0 aliphatic rings. The van der Waals surface area contributed by atoms with Crippen molar-refractivity contribution in [2.45, 2.75) is 6.18 Å². The molecule has 0 saturated carbocycles. The number of rotatable bonds is 6. The Labute approximate surface area is 342 Å². The van der Waals surface area contributed by atoms with Gasteiger partial charge in [0.2, 0.25) is 0 Å². The van der Waals surface area contributed by atoms with Crippen LogP contribution in [0, 0.1) is 0 Å². The van der Waals surface area contributed by atoms with E-state index in [1.54, 1.807) is 6.07 Å². The number of para-hydroxylation sites is 3. The highest BCUT2D eigenvalue weighted by Gasteiger charge is 2.31. The van der Waals surface area contributed by atoms with Crippen LogP contribution in [0.25, 0.3) is 100 Å². The molecule has 0 bridgehead atoms. The van der Waals surface area contributed by atoms with Gasteiger partial charge in [-0.3, -0.25) is 0 Å². The van der Waals surface area contributed by atoms with Crippen LogP contribution < -0.4 is 0 Å². The van der Waals surface area contributed by atoms with Crippen LogP contribution in [0.15, 0.2) is 194 Å². The summed E-state index contributed by atoms with van der Waals surface area (Å²) in [5.74, 6) is 1.38. The van der Waals surface area contributed by atoms with Crippen molar-refractivity contribution in [2.24, 2.45) is 0 Å². The zero-order chi connectivity index (χ0) is 40.4. The van der Waals surface area contributed by atoms with E-state index in [2.05, 4.69) is 69.8 Å². The molecular weight excluding hydrogens is 752 g/mol. The Balaban J connectivity index is 1.22. The maximum absolute atomic E-state index is 14.4. The lowest BCUT2D eigenvalue weighted by molar-refractivity contribution is -0.137. The van der Waals surface area contributed by atoms with Gasteiger partial charge in [-0.1, -0.05) is 133 Å². The van der Waals surface area contributed by atoms with Gasteiger partial charge in [0.1, 0.15) is 0 Å². The summed E-state index contributed by atoms with van der Waals surface area (Å²) in [6.07, 6.45) is -4.54. The van der Waals surface area contributed by atoms with Gasteiger partial charge in [0.05, 0.1) is 33.3 Å². The van der Waals surface area contributed by atoms with Gasteiger partial charge in [0.25, 0.3) is 0 Å². The van der Waals surface area contributed by atoms with Crippen LogP contribution >= 0.6 is 0 Å². The first-order valence-corrected chi connectivity index (χ1v) is 19.6. The third kappa shape index (κ3) is 5.83. The van der Waals surface area contributed by atoms with Crippen LogP contribution in [0.1, 0.15) is 5.56 Å². The highest BCUT2D eigenvalue weighted by atomic mass is 19.4. The summed E-state index contributed by atoms with van der Waals surface area (Å²) in [5.41, 5.74) is 8.26. The molecule has 0 N–H and O–H groups in total. The Kier molecular flexibility index (Phi) is 8.20. The van der Waals surface area contributed by atoms with Gasteiger partial charge in [-0.25, -0.2) is 15.0 Å². The molecule has 3 aromatic heterocycles. The Morgan fingerprint density at radius 1 is 0.383 bits per heavy atom. The van der Waals surface area contributed by atoms with Gasteiger partial charge in [-0.15, -0.1) is 0 Å². The first-order chi connectivity index (χ1) is 29.4. The topological polar surface area (TPSA) is 48.5 Å². The van der Waals surface area contributed by atoms with Crippen molar-refractivity contribution in [1.29, 1.82) is 0 Å². The average Bonchev–Trinajstić information content (AvgIpc) is 3.82. The van der Waals surface area contributed by atoms with Crippen LogP contribution in [0.3, 0.4) is 0 Å². The smallest absolute Gasteiger partial charge is 0.309 e. The molecule has 0 spiro atoms. The third-order valence-corrected chi connectivity index (χ3v) is 11.2. The molecule has 3 heterocycles. The van der Waals surface area contributed by atoms with E-state index < -0.39 is 11.7 Å². The summed E-state index contributed by atoms with van der Waals surface area (Å²) in [5, 5.41) is 4.30. The number of aromatic nitrogens is 5. The molecule has 5 nitrogen and oxygen atoms in total. The molecule has 8 aromatic carbocycles. The molecular formula is C52H32F3N5. The summed E-state index contributed by atoms with van der Waals surface area (Å²) in [6, 6.07) is 62.0. The van der Waals surface area contributed by atoms with E-state index in [0.29, 0.717) is 39.9 Å². The van der Waals surface area contributed by atoms with Gasteiger partial charge in [0, 0.05) is 49.5 Å². The molecule has 11 aromatic rings. The van der Waals surface area contributed by atoms with Crippen LogP contribution in [-0.4, -0.2) is 24.1 Å². The number of nitrogens with zero attached hydrogens (tertiary/aromatic N) is 5. The minimum absolute atomic E-state index is 0.402. The number of hydrogen-bond acceptors (Lipinski definition) is 3. The van der Waals surface area contributed by atoms with E-state index in [4.69, 9.17) is 15.0 Å². The zero-order valence-corrected chi connectivity index (χ0v) is 31.8. The molecule has 286 valence electrons. The highest BCUT2D eigenvalue weighted by molar-refractivity contribution is 6.26. The van der Waals surface area contributed by atoms with E-state index >= 15 is 0 Å². The summed E-state index contributed by atoms with van der Waals surface area (Å²) in [6.45, 7) is 0. The van der Waals surface area contributed by atoms with Crippen LogP contribution in [0.5, 0.6) is 0 Å². The number of halogens is 3. The van der Waals surface area contributed by atoms with Crippen LogP contribution in [0.2, 0.25) is 0 Å². The SMILES string of the molecule is FC(F)(F)c1cccc(-c2cc(-c3nc(-c4ccccc4)nc(-c4ccccc4)n3)ccc2-n2c3ccccc3c3c2ccc2c4ccccc4n(-c4ccccc4)c23)c1. The second-order valence-corrected chi connectivity index (χ2v) is 14.7. The van der Waals surface area contributed by atoms with Gasteiger partial charge in [0.15, 0.2) is 17.5 Å². The van der Waals surface area contributed by atoms with E-state index in [1.807, 2.05) is 109 Å². The van der Waals surface area contributed by atoms with E-state index in [9.17, 15) is 13.2 Å². The summed E-state index contributed by atoms with van der Waals surface area (Å²) in [4.78, 5) is 14.8. The van der Waals surface area contributed by atoms with Crippen molar-refractivity contribution >= 4 is 43.6 Å². The van der Waals surface area contributed by atoms with Gasteiger partial charge < -0.3 is 9.13 Å². The van der Waals surface area contributed by atoms with Crippen molar-refractivity contribution in [3.05, 3.63) is 200 Å². The normalized spacial score (nSPS) is 11.9. The molecule has 0 radical (unpaired) electrons. The van der Waals surface area contributed by atoms with Crippen molar-refractivity contribution in [1.82, 2.24) is 24.1 Å². The fourth-order valence-electron chi connectivity index (χ4n) is 8.52. The predicted octanol–water partition coefficient (Wildman–Crippen LogP) is 13.8. The van der Waals surface area contributed by atoms with E-state index in [0.717, 1.165) is 66.5 Å². The molecule has 0 aliphatic heterocycles. The molecule has 0 aliphatic carbocycles. The molecule has 0 saturated heterocycles. The minimum Gasteiger partial charge on any atom is -0.309 e. The zero-order valence-electron chi connectivity index (χ0n) is 31.8. The highest BCUT2D eigenvalue weighted by Crippen LogP contribution is 2.44. The van der Waals surface area contributed by atoms with Crippen LogP contribution in [0.4, 0.5) is 13.2 Å². The maximum Gasteiger partial charge on any atom is 0.416 e. The molecule has 0 unspecified atom stereocenters. The largest absolute Gasteiger partial charge is 0.416 e. The maximum atomic E-state index is 14.4. The lowest BCUT2D eigenvalue weighted by Crippen LogP contribution is -2.05. The predicted molar refractivity (Wildman–Crippen MR) is 235 cm³/mol. The van der Waals surface area contributed by atoms with Crippen molar-refractivity contribution < 1.29 is 13.2 Å². The Hall–Kier alpha value is -7.84. The summed E-state index contributed by atoms with van der Waals surface area (Å²) >= 11 is 0. The van der Waals surface area contributed by atoms with Crippen molar-refractivity contribution in [3.8, 4) is 56.7 Å². The first-order valence-electron chi connectivity index (χ1n) is 19.6. The molecule has 0 fully saturated rings. The molecule has 0 amide bonds. The van der Waals surface area contributed by atoms with E-state index in [1.165, 1.54) is 12.1 Å². The quantitative estimate of drug-likeness (QED) is 0.169. The lowest BCUT2D eigenvalue weighted by atomic mass is 9.98. The van der Waals surface area contributed by atoms with Crippen molar-refractivity contribution in [2.75, 3.05) is 0 Å². The summed E-state index contributed by atoms with van der Waals surface area (Å²) in [7, 11) is 0. The second kappa shape index (κ2) is 13.9. The number of fused-ring (bicyclic) bond motifs is 7.